The van der Waals surface area contributed by atoms with Crippen LogP contribution in [0.5, 0.6) is 5.75 Å². The van der Waals surface area contributed by atoms with Gasteiger partial charge in [0.25, 0.3) is 0 Å². The lowest BCUT2D eigenvalue weighted by molar-refractivity contribution is -0.126. The molecule has 0 bridgehead atoms. The summed E-state index contributed by atoms with van der Waals surface area (Å²) in [7, 11) is 1.59. The van der Waals surface area contributed by atoms with Gasteiger partial charge in [-0.1, -0.05) is 11.8 Å². The first-order valence-corrected chi connectivity index (χ1v) is 8.17. The highest BCUT2D eigenvalue weighted by Gasteiger charge is 2.31. The average Bonchev–Trinajstić information content (AvgIpc) is 3.23. The number of nitrogens with zero attached hydrogens (tertiary/aromatic N) is 5. The van der Waals surface area contributed by atoms with Crippen molar-refractivity contribution in [1.82, 2.24) is 30.4 Å². The lowest BCUT2D eigenvalue weighted by atomic mass is 10.3. The van der Waals surface area contributed by atoms with Crippen LogP contribution < -0.4 is 10.1 Å². The maximum absolute atomic E-state index is 12.4. The number of hydrogen-bond donors (Lipinski definition) is 1. The van der Waals surface area contributed by atoms with Gasteiger partial charge in [-0.15, -0.1) is 5.10 Å². The van der Waals surface area contributed by atoms with E-state index in [2.05, 4.69) is 20.8 Å². The lowest BCUT2D eigenvalue weighted by Crippen LogP contribution is -2.39. The zero-order chi connectivity index (χ0) is 17.1. The van der Waals surface area contributed by atoms with E-state index in [0.29, 0.717) is 18.2 Å². The summed E-state index contributed by atoms with van der Waals surface area (Å²) in [6, 6.07) is 6.88. The molecule has 0 spiro atoms. The minimum atomic E-state index is -0.489. The van der Waals surface area contributed by atoms with E-state index in [4.69, 9.17) is 4.74 Å². The number of rotatable bonds is 5. The van der Waals surface area contributed by atoms with Crippen LogP contribution in [0.3, 0.4) is 0 Å². The Hall–Kier alpha value is -2.62. The highest BCUT2D eigenvalue weighted by atomic mass is 32.2. The first-order valence-electron chi connectivity index (χ1n) is 7.29. The molecule has 1 aliphatic rings. The van der Waals surface area contributed by atoms with E-state index >= 15 is 0 Å². The predicted octanol–water partition coefficient (Wildman–Crippen LogP) is 0.703. The molecule has 0 radical (unpaired) electrons. The number of nitrogens with one attached hydrogen (secondary N) is 1. The Bertz CT molecular complexity index is 747. The second kappa shape index (κ2) is 6.87. The van der Waals surface area contributed by atoms with Gasteiger partial charge >= 0.3 is 6.03 Å². The molecule has 3 rings (SSSR count). The number of thioether (sulfide) groups is 1. The molecule has 2 aromatic rings. The number of aromatic nitrogens is 4. The third kappa shape index (κ3) is 3.18. The predicted molar refractivity (Wildman–Crippen MR) is 86.1 cm³/mol. The number of carbonyl (C=O) groups is 2. The molecule has 1 aromatic carbocycles. The Morgan fingerprint density at radius 2 is 2.12 bits per heavy atom. The van der Waals surface area contributed by atoms with Crippen molar-refractivity contribution >= 4 is 23.7 Å². The third-order valence-electron chi connectivity index (χ3n) is 3.51. The number of benzene rings is 1. The summed E-state index contributed by atoms with van der Waals surface area (Å²) in [5, 5.41) is 14.2. The van der Waals surface area contributed by atoms with Crippen molar-refractivity contribution in [3.8, 4) is 11.4 Å². The van der Waals surface area contributed by atoms with E-state index in [-0.39, 0.29) is 11.9 Å². The summed E-state index contributed by atoms with van der Waals surface area (Å²) >= 11 is 1.20. The highest BCUT2D eigenvalue weighted by Crippen LogP contribution is 2.25. The molecule has 1 aliphatic heterocycles. The molecule has 9 nitrogen and oxygen atoms in total. The third-order valence-corrected chi connectivity index (χ3v) is 4.53. The van der Waals surface area contributed by atoms with Gasteiger partial charge in [0, 0.05) is 13.1 Å². The standard InChI is InChI=1S/C14H16N6O3S/c1-9(12(21)19-8-7-15-13(19)22)24-14-16-17-18-20(14)10-3-5-11(23-2)6-4-10/h3-6,9H,7-8H2,1-2H3,(H,15,22)/t9-/m0/s1. The fourth-order valence-electron chi connectivity index (χ4n) is 2.25. The summed E-state index contributed by atoms with van der Waals surface area (Å²) < 4.78 is 6.67. The van der Waals surface area contributed by atoms with Crippen LogP contribution in [0.15, 0.2) is 29.4 Å². The van der Waals surface area contributed by atoms with E-state index < -0.39 is 5.25 Å². The van der Waals surface area contributed by atoms with Gasteiger partial charge in [-0.25, -0.2) is 4.79 Å². The molecule has 0 aliphatic carbocycles. The van der Waals surface area contributed by atoms with E-state index in [9.17, 15) is 9.59 Å². The van der Waals surface area contributed by atoms with Crippen molar-refractivity contribution in [3.63, 3.8) is 0 Å². The molecular weight excluding hydrogens is 332 g/mol. The van der Waals surface area contributed by atoms with Gasteiger partial charge in [-0.05, 0) is 41.6 Å². The number of carbonyl (C=O) groups excluding carboxylic acids is 2. The summed E-state index contributed by atoms with van der Waals surface area (Å²) in [6.45, 7) is 2.59. The molecule has 1 fully saturated rings. The van der Waals surface area contributed by atoms with Crippen LogP contribution in [-0.2, 0) is 4.79 Å². The molecule has 1 atom stereocenters. The van der Waals surface area contributed by atoms with Gasteiger partial charge in [0.05, 0.1) is 18.0 Å². The van der Waals surface area contributed by atoms with Gasteiger partial charge in [-0.2, -0.15) is 4.68 Å². The maximum atomic E-state index is 12.4. The van der Waals surface area contributed by atoms with Crippen molar-refractivity contribution in [3.05, 3.63) is 24.3 Å². The van der Waals surface area contributed by atoms with Crippen LogP contribution in [0.1, 0.15) is 6.92 Å². The largest absolute Gasteiger partial charge is 0.497 e. The van der Waals surface area contributed by atoms with Crippen LogP contribution in [0, 0.1) is 0 Å². The van der Waals surface area contributed by atoms with Crippen molar-refractivity contribution in [2.45, 2.75) is 17.3 Å². The Labute approximate surface area is 142 Å². The lowest BCUT2D eigenvalue weighted by Gasteiger charge is -2.16. The Balaban J connectivity index is 1.75. The number of urea groups is 1. The van der Waals surface area contributed by atoms with Crippen LogP contribution in [-0.4, -0.2) is 62.5 Å². The van der Waals surface area contributed by atoms with Crippen molar-refractivity contribution in [2.24, 2.45) is 0 Å². The van der Waals surface area contributed by atoms with E-state index in [1.165, 1.54) is 21.3 Å². The van der Waals surface area contributed by atoms with E-state index in [1.807, 2.05) is 12.1 Å². The number of methoxy groups -OCH3 is 1. The van der Waals surface area contributed by atoms with Gasteiger partial charge in [0.1, 0.15) is 5.75 Å². The summed E-state index contributed by atoms with van der Waals surface area (Å²) in [5.74, 6) is 0.462. The summed E-state index contributed by atoms with van der Waals surface area (Å²) in [6.07, 6.45) is 0. The SMILES string of the molecule is COc1ccc(-n2nnnc2S[C@@H](C)C(=O)N2CCNC2=O)cc1. The van der Waals surface area contributed by atoms with Gasteiger partial charge in [0.15, 0.2) is 0 Å². The monoisotopic (exact) mass is 348 g/mol. The van der Waals surface area contributed by atoms with Crippen molar-refractivity contribution in [1.29, 1.82) is 0 Å². The second-order valence-electron chi connectivity index (χ2n) is 5.05. The fourth-order valence-corrected chi connectivity index (χ4v) is 3.12. The zero-order valence-electron chi connectivity index (χ0n) is 13.2. The molecule has 10 heteroatoms. The van der Waals surface area contributed by atoms with Crippen LogP contribution in [0.4, 0.5) is 4.79 Å². The summed E-state index contributed by atoms with van der Waals surface area (Å²) in [4.78, 5) is 25.2. The van der Waals surface area contributed by atoms with E-state index in [0.717, 1.165) is 11.4 Å². The molecule has 1 N–H and O–H groups in total. The topological polar surface area (TPSA) is 102 Å². The second-order valence-corrected chi connectivity index (χ2v) is 6.36. The molecule has 24 heavy (non-hydrogen) atoms. The number of tetrazole rings is 1. The summed E-state index contributed by atoms with van der Waals surface area (Å²) in [5.41, 5.74) is 0.752. The van der Waals surface area contributed by atoms with Gasteiger partial charge in [0.2, 0.25) is 11.1 Å². The van der Waals surface area contributed by atoms with Crippen LogP contribution in [0.2, 0.25) is 0 Å². The van der Waals surface area contributed by atoms with Crippen molar-refractivity contribution < 1.29 is 14.3 Å². The normalized spacial score (nSPS) is 15.2. The molecular formula is C14H16N6O3S. The van der Waals surface area contributed by atoms with Crippen LogP contribution in [0.25, 0.3) is 5.69 Å². The average molecular weight is 348 g/mol. The number of amides is 3. The first kappa shape index (κ1) is 16.2. The molecule has 3 amide bonds. The van der Waals surface area contributed by atoms with Crippen molar-refractivity contribution in [2.75, 3.05) is 20.2 Å². The molecule has 0 unspecified atom stereocenters. The molecule has 1 saturated heterocycles. The first-order chi connectivity index (χ1) is 11.6. The molecule has 0 saturated carbocycles. The minimum Gasteiger partial charge on any atom is -0.497 e. The number of hydrogen-bond acceptors (Lipinski definition) is 7. The number of imide groups is 1. The molecule has 126 valence electrons. The molecule has 2 heterocycles. The number of ether oxygens (including phenoxy) is 1. The Morgan fingerprint density at radius 3 is 2.75 bits per heavy atom. The van der Waals surface area contributed by atoms with Gasteiger partial charge < -0.3 is 10.1 Å². The van der Waals surface area contributed by atoms with Crippen LogP contribution >= 0.6 is 11.8 Å². The highest BCUT2D eigenvalue weighted by molar-refractivity contribution is 8.00. The smallest absolute Gasteiger partial charge is 0.324 e. The quantitative estimate of drug-likeness (QED) is 0.794. The maximum Gasteiger partial charge on any atom is 0.324 e. The Kier molecular flexibility index (Phi) is 4.65. The minimum absolute atomic E-state index is 0.265. The molecule has 1 aromatic heterocycles. The van der Waals surface area contributed by atoms with Gasteiger partial charge in [-0.3, -0.25) is 9.69 Å². The zero-order valence-corrected chi connectivity index (χ0v) is 14.0. The fraction of sp³-hybridized carbons (Fsp3) is 0.357. The Morgan fingerprint density at radius 1 is 1.38 bits per heavy atom. The van der Waals surface area contributed by atoms with E-state index in [1.54, 1.807) is 26.2 Å².